The second kappa shape index (κ2) is 12.4. The number of likely N-dealkylation sites (tertiary alicyclic amines) is 1. The van der Waals surface area contributed by atoms with Gasteiger partial charge in [-0.3, -0.25) is 9.10 Å². The Bertz CT molecular complexity index is 1520. The van der Waals surface area contributed by atoms with Crippen LogP contribution in [0.4, 0.5) is 5.69 Å². The molecular weight excluding hydrogens is 583 g/mol. The molecule has 2 atom stereocenters. The molecule has 1 aliphatic rings. The summed E-state index contributed by atoms with van der Waals surface area (Å²) >= 11 is 12.9. The summed E-state index contributed by atoms with van der Waals surface area (Å²) in [4.78, 5) is 28.2. The minimum Gasteiger partial charge on any atom is -0.458 e. The molecule has 1 saturated heterocycles. The predicted molar refractivity (Wildman–Crippen MR) is 162 cm³/mol. The molecule has 41 heavy (non-hydrogen) atoms. The Morgan fingerprint density at radius 3 is 2.29 bits per heavy atom. The van der Waals surface area contributed by atoms with E-state index in [4.69, 9.17) is 27.9 Å². The third-order valence-corrected chi connectivity index (χ3v) is 9.44. The van der Waals surface area contributed by atoms with E-state index in [0.29, 0.717) is 13.0 Å². The molecule has 1 heterocycles. The molecule has 3 aromatic carbocycles. The molecule has 4 rings (SSSR count). The van der Waals surface area contributed by atoms with Crippen LogP contribution in [-0.2, 0) is 26.1 Å². The Kier molecular flexibility index (Phi) is 9.36. The first-order valence-electron chi connectivity index (χ1n) is 13.4. The molecule has 1 amide bonds. The molecule has 0 aromatic heterocycles. The quantitative estimate of drug-likeness (QED) is 0.268. The van der Waals surface area contributed by atoms with E-state index in [1.54, 1.807) is 45.0 Å². The van der Waals surface area contributed by atoms with Crippen LogP contribution in [-0.4, -0.2) is 43.4 Å². The van der Waals surface area contributed by atoms with Crippen LogP contribution in [0.15, 0.2) is 77.7 Å². The predicted octanol–water partition coefficient (Wildman–Crippen LogP) is 6.97. The molecule has 0 spiro atoms. The highest BCUT2D eigenvalue weighted by molar-refractivity contribution is 7.93. The summed E-state index contributed by atoms with van der Waals surface area (Å²) in [5.74, 6) is -1.07. The summed E-state index contributed by atoms with van der Waals surface area (Å²) in [5, 5.41) is 0.209. The number of sulfonamides is 1. The Morgan fingerprint density at radius 2 is 1.63 bits per heavy atom. The maximum atomic E-state index is 14.2. The average molecular weight is 618 g/mol. The largest absolute Gasteiger partial charge is 0.458 e. The number of hydrogen-bond donors (Lipinski definition) is 0. The third kappa shape index (κ3) is 7.05. The van der Waals surface area contributed by atoms with Gasteiger partial charge in [0.1, 0.15) is 16.5 Å². The first-order valence-corrected chi connectivity index (χ1v) is 15.6. The van der Waals surface area contributed by atoms with E-state index in [9.17, 15) is 18.0 Å². The van der Waals surface area contributed by atoms with Gasteiger partial charge in [0.25, 0.3) is 15.9 Å². The number of piperidine rings is 1. The summed E-state index contributed by atoms with van der Waals surface area (Å²) in [6.07, 6.45) is 1.47. The summed E-state index contributed by atoms with van der Waals surface area (Å²) in [6, 6.07) is 19.1. The van der Waals surface area contributed by atoms with Crippen molar-refractivity contribution >= 4 is 50.8 Å². The normalized spacial score (nSPS) is 17.7. The summed E-state index contributed by atoms with van der Waals surface area (Å²) in [7, 11) is -4.30. The zero-order valence-electron chi connectivity index (χ0n) is 23.5. The van der Waals surface area contributed by atoms with Gasteiger partial charge in [-0.1, -0.05) is 72.6 Å². The Morgan fingerprint density at radius 1 is 0.976 bits per heavy atom. The Hall–Kier alpha value is -3.07. The standard InChI is InChI=1S/C31H34Cl2N2O5S/c1-21-11-10-18-34(28(21)30(37)40-31(2,3)4)29(36)23-16-17-25(33)27(19-23)41(38,39)35(20-22-12-6-5-7-13-22)26-15-9-8-14-24(26)32/h5-9,12-17,19,21,28H,10-11,18,20H2,1-4H3. The van der Waals surface area contributed by atoms with Crippen molar-refractivity contribution < 1.29 is 22.7 Å². The van der Waals surface area contributed by atoms with Gasteiger partial charge in [-0.25, -0.2) is 13.2 Å². The number of benzene rings is 3. The summed E-state index contributed by atoms with van der Waals surface area (Å²) in [6.45, 7) is 7.59. The van der Waals surface area contributed by atoms with Gasteiger partial charge < -0.3 is 9.64 Å². The molecule has 0 N–H and O–H groups in total. The lowest BCUT2D eigenvalue weighted by molar-refractivity contribution is -0.163. The molecule has 7 nitrogen and oxygen atoms in total. The van der Waals surface area contributed by atoms with Gasteiger partial charge in [-0.2, -0.15) is 0 Å². The molecule has 218 valence electrons. The van der Waals surface area contributed by atoms with Crippen LogP contribution in [0.5, 0.6) is 0 Å². The first kappa shape index (κ1) is 30.9. The molecule has 1 aliphatic heterocycles. The first-order chi connectivity index (χ1) is 19.3. The average Bonchev–Trinajstić information content (AvgIpc) is 2.91. The second-order valence-corrected chi connectivity index (χ2v) is 13.8. The van der Waals surface area contributed by atoms with Crippen molar-refractivity contribution in [1.29, 1.82) is 0 Å². The third-order valence-electron chi connectivity index (χ3n) is 6.88. The molecule has 0 aliphatic carbocycles. The van der Waals surface area contributed by atoms with Crippen molar-refractivity contribution in [2.75, 3.05) is 10.8 Å². The molecule has 0 saturated carbocycles. The maximum absolute atomic E-state index is 14.2. The van der Waals surface area contributed by atoms with Crippen molar-refractivity contribution in [3.63, 3.8) is 0 Å². The van der Waals surface area contributed by atoms with Gasteiger partial charge in [0.2, 0.25) is 0 Å². The minimum absolute atomic E-state index is 0.00817. The van der Waals surface area contributed by atoms with Gasteiger partial charge in [0.15, 0.2) is 0 Å². The van der Waals surface area contributed by atoms with Gasteiger partial charge in [-0.15, -0.1) is 0 Å². The maximum Gasteiger partial charge on any atom is 0.329 e. The van der Waals surface area contributed by atoms with Crippen LogP contribution in [0.2, 0.25) is 10.0 Å². The second-order valence-electron chi connectivity index (χ2n) is 11.2. The SMILES string of the molecule is CC1CCCN(C(=O)c2ccc(Cl)c(S(=O)(=O)N(Cc3ccccc3)c3ccccc3Cl)c2)C1C(=O)OC(C)(C)C. The fraction of sp³-hybridized carbons (Fsp3) is 0.355. The molecule has 2 unspecified atom stereocenters. The van der Waals surface area contributed by atoms with Gasteiger partial charge in [-0.05, 0) is 75.4 Å². The van der Waals surface area contributed by atoms with Crippen molar-refractivity contribution in [3.05, 3.63) is 94.0 Å². The highest BCUT2D eigenvalue weighted by Gasteiger charge is 2.40. The molecular formula is C31H34Cl2N2O5S. The number of nitrogens with zero attached hydrogens (tertiary/aromatic N) is 2. The van der Waals surface area contributed by atoms with Gasteiger partial charge in [0, 0.05) is 12.1 Å². The smallest absolute Gasteiger partial charge is 0.329 e. The zero-order chi connectivity index (χ0) is 29.9. The van der Waals surface area contributed by atoms with Crippen LogP contribution < -0.4 is 4.31 Å². The lowest BCUT2D eigenvalue weighted by Crippen LogP contribution is -2.53. The van der Waals surface area contributed by atoms with Crippen LogP contribution in [0.25, 0.3) is 0 Å². The van der Waals surface area contributed by atoms with Crippen molar-refractivity contribution in [1.82, 2.24) is 4.90 Å². The number of esters is 1. The van der Waals surface area contributed by atoms with Crippen molar-refractivity contribution in [2.24, 2.45) is 5.92 Å². The van der Waals surface area contributed by atoms with E-state index in [-0.39, 0.29) is 38.7 Å². The van der Waals surface area contributed by atoms with Crippen LogP contribution in [0, 0.1) is 5.92 Å². The van der Waals surface area contributed by atoms with E-state index >= 15 is 0 Å². The number of carbonyl (C=O) groups excluding carboxylic acids is 2. The lowest BCUT2D eigenvalue weighted by Gasteiger charge is -2.39. The van der Waals surface area contributed by atoms with E-state index in [2.05, 4.69) is 0 Å². The number of ether oxygens (including phenoxy) is 1. The number of para-hydroxylation sites is 1. The van der Waals surface area contributed by atoms with E-state index in [1.165, 1.54) is 27.4 Å². The number of rotatable bonds is 7. The molecule has 0 radical (unpaired) electrons. The van der Waals surface area contributed by atoms with E-state index in [0.717, 1.165) is 12.0 Å². The Labute approximate surface area is 252 Å². The summed E-state index contributed by atoms with van der Waals surface area (Å²) < 4.78 is 35.3. The number of anilines is 1. The van der Waals surface area contributed by atoms with Crippen LogP contribution in [0.3, 0.4) is 0 Å². The lowest BCUT2D eigenvalue weighted by atomic mass is 9.90. The highest BCUT2D eigenvalue weighted by atomic mass is 35.5. The minimum atomic E-state index is -4.30. The fourth-order valence-electron chi connectivity index (χ4n) is 4.96. The number of halogens is 2. The molecule has 1 fully saturated rings. The van der Waals surface area contributed by atoms with E-state index < -0.39 is 33.5 Å². The zero-order valence-corrected chi connectivity index (χ0v) is 25.8. The van der Waals surface area contributed by atoms with E-state index in [1.807, 2.05) is 37.3 Å². The number of amides is 1. The Balaban J connectivity index is 1.75. The summed E-state index contributed by atoms with van der Waals surface area (Å²) in [5.41, 5.74) is 0.405. The molecule has 0 bridgehead atoms. The topological polar surface area (TPSA) is 84.0 Å². The monoisotopic (exact) mass is 616 g/mol. The molecule has 10 heteroatoms. The fourth-order valence-corrected chi connectivity index (χ4v) is 7.22. The van der Waals surface area contributed by atoms with Crippen LogP contribution in [0.1, 0.15) is 56.5 Å². The van der Waals surface area contributed by atoms with Gasteiger partial charge >= 0.3 is 5.97 Å². The highest BCUT2D eigenvalue weighted by Crippen LogP contribution is 2.35. The van der Waals surface area contributed by atoms with Crippen molar-refractivity contribution in [3.8, 4) is 0 Å². The number of carbonyl (C=O) groups is 2. The van der Waals surface area contributed by atoms with Gasteiger partial charge in [0.05, 0.1) is 22.3 Å². The molecule has 3 aromatic rings. The van der Waals surface area contributed by atoms with Crippen molar-refractivity contribution in [2.45, 2.75) is 63.6 Å². The van der Waals surface area contributed by atoms with Crippen LogP contribution >= 0.6 is 23.2 Å². The number of hydrogen-bond acceptors (Lipinski definition) is 5.